The minimum atomic E-state index is -4.35. The van der Waals surface area contributed by atoms with Crippen LogP contribution in [-0.2, 0) is 12.6 Å². The van der Waals surface area contributed by atoms with Crippen LogP contribution in [0.1, 0.15) is 30.9 Å². The van der Waals surface area contributed by atoms with Crippen molar-refractivity contribution in [2.45, 2.75) is 38.5 Å². The maximum Gasteiger partial charge on any atom is 0.416 e. The molecule has 0 saturated heterocycles. The van der Waals surface area contributed by atoms with Crippen molar-refractivity contribution in [2.24, 2.45) is 0 Å². The van der Waals surface area contributed by atoms with Gasteiger partial charge in [-0.05, 0) is 30.9 Å². The molecule has 1 heterocycles. The first-order valence-corrected chi connectivity index (χ1v) is 5.13. The molecule has 1 rings (SSSR count). The molecule has 1 aromatic rings. The molecule has 5 heteroatoms. The van der Waals surface area contributed by atoms with Crippen LogP contribution in [0.4, 0.5) is 13.2 Å². The molecule has 0 aliphatic rings. The van der Waals surface area contributed by atoms with Gasteiger partial charge in [0.15, 0.2) is 0 Å². The van der Waals surface area contributed by atoms with E-state index in [2.05, 4.69) is 4.98 Å². The van der Waals surface area contributed by atoms with E-state index in [1.54, 1.807) is 6.92 Å². The maximum absolute atomic E-state index is 12.6. The van der Waals surface area contributed by atoms with Crippen LogP contribution in [-0.4, -0.2) is 16.2 Å². The number of aromatic nitrogens is 1. The van der Waals surface area contributed by atoms with Gasteiger partial charge < -0.3 is 5.11 Å². The second kappa shape index (κ2) is 5.30. The predicted octanol–water partition coefficient (Wildman–Crippen LogP) is 2.80. The number of aryl methyl sites for hydroxylation is 1. The summed E-state index contributed by atoms with van der Waals surface area (Å²) in [4.78, 5) is 3.68. The van der Waals surface area contributed by atoms with Gasteiger partial charge in [0.1, 0.15) is 0 Å². The van der Waals surface area contributed by atoms with E-state index < -0.39 is 17.8 Å². The predicted molar refractivity (Wildman–Crippen MR) is 53.9 cm³/mol. The summed E-state index contributed by atoms with van der Waals surface area (Å²) in [5.74, 6) is 0. The van der Waals surface area contributed by atoms with E-state index in [1.165, 1.54) is 6.20 Å². The number of pyridine rings is 1. The van der Waals surface area contributed by atoms with Crippen molar-refractivity contribution in [1.29, 1.82) is 0 Å². The van der Waals surface area contributed by atoms with Gasteiger partial charge in [-0.1, -0.05) is 6.92 Å². The van der Waals surface area contributed by atoms with Crippen LogP contribution in [0.25, 0.3) is 0 Å². The van der Waals surface area contributed by atoms with Crippen molar-refractivity contribution in [3.63, 3.8) is 0 Å². The molecule has 0 radical (unpaired) electrons. The first-order valence-electron chi connectivity index (χ1n) is 5.13. The fourth-order valence-electron chi connectivity index (χ4n) is 1.43. The molecule has 1 aromatic heterocycles. The Hall–Kier alpha value is -1.10. The molecule has 0 aliphatic carbocycles. The second-order valence-corrected chi connectivity index (χ2v) is 3.63. The Labute approximate surface area is 92.1 Å². The summed E-state index contributed by atoms with van der Waals surface area (Å²) >= 11 is 0. The minimum Gasteiger partial charge on any atom is -0.393 e. The van der Waals surface area contributed by atoms with Crippen molar-refractivity contribution in [3.8, 4) is 0 Å². The third-order valence-corrected chi connectivity index (χ3v) is 2.43. The number of alkyl halides is 3. The average Bonchev–Trinajstić information content (AvgIpc) is 2.25. The van der Waals surface area contributed by atoms with Gasteiger partial charge in [0.25, 0.3) is 0 Å². The number of nitrogens with zero attached hydrogens (tertiary/aromatic N) is 1. The molecular formula is C11H14F3NO. The molecule has 0 fully saturated rings. The normalized spacial score (nSPS) is 13.8. The highest BCUT2D eigenvalue weighted by Crippen LogP contribution is 2.32. The van der Waals surface area contributed by atoms with Crippen LogP contribution in [0.15, 0.2) is 18.5 Å². The molecule has 16 heavy (non-hydrogen) atoms. The molecule has 0 aromatic carbocycles. The summed E-state index contributed by atoms with van der Waals surface area (Å²) in [5, 5.41) is 9.31. The number of rotatable bonds is 4. The molecule has 90 valence electrons. The van der Waals surface area contributed by atoms with Gasteiger partial charge in [0.2, 0.25) is 0 Å². The minimum absolute atomic E-state index is 0.141. The Balaban J connectivity index is 2.80. The van der Waals surface area contributed by atoms with Gasteiger partial charge in [-0.3, -0.25) is 4.98 Å². The molecule has 0 amide bonds. The van der Waals surface area contributed by atoms with Crippen LogP contribution in [0, 0.1) is 0 Å². The molecular weight excluding hydrogens is 219 g/mol. The van der Waals surface area contributed by atoms with Gasteiger partial charge in [0.05, 0.1) is 11.7 Å². The Bertz CT molecular complexity index is 338. The Morgan fingerprint density at radius 3 is 2.69 bits per heavy atom. The van der Waals surface area contributed by atoms with Gasteiger partial charge in [-0.25, -0.2) is 0 Å². The lowest BCUT2D eigenvalue weighted by Gasteiger charge is -2.13. The fourth-order valence-corrected chi connectivity index (χ4v) is 1.43. The van der Waals surface area contributed by atoms with E-state index in [0.29, 0.717) is 12.8 Å². The highest BCUT2D eigenvalue weighted by atomic mass is 19.4. The first-order chi connectivity index (χ1) is 7.45. The highest BCUT2D eigenvalue weighted by molar-refractivity contribution is 5.26. The zero-order chi connectivity index (χ0) is 12.2. The maximum atomic E-state index is 12.6. The van der Waals surface area contributed by atoms with Crippen molar-refractivity contribution < 1.29 is 18.3 Å². The third kappa shape index (κ3) is 3.48. The molecule has 0 aliphatic heterocycles. The number of hydrogen-bond donors (Lipinski definition) is 1. The monoisotopic (exact) mass is 233 g/mol. The van der Waals surface area contributed by atoms with E-state index in [4.69, 9.17) is 0 Å². The molecule has 1 N–H and O–H groups in total. The largest absolute Gasteiger partial charge is 0.416 e. The zero-order valence-electron chi connectivity index (χ0n) is 8.96. The topological polar surface area (TPSA) is 33.1 Å². The molecule has 0 bridgehead atoms. The highest BCUT2D eigenvalue weighted by Gasteiger charge is 2.32. The summed E-state index contributed by atoms with van der Waals surface area (Å²) in [6.07, 6.45) is -1.50. The summed E-state index contributed by atoms with van der Waals surface area (Å²) in [6, 6.07) is 0.966. The molecule has 0 spiro atoms. The third-order valence-electron chi connectivity index (χ3n) is 2.43. The zero-order valence-corrected chi connectivity index (χ0v) is 8.96. The standard InChI is InChI=1S/C11H14F3NO/c1-2-9(16)4-3-8-7-15-6-5-10(8)11(12,13)14/h5-7,9,16H,2-4H2,1H3. The second-order valence-electron chi connectivity index (χ2n) is 3.63. The first kappa shape index (κ1) is 13.0. The van der Waals surface area contributed by atoms with Gasteiger partial charge in [-0.2, -0.15) is 13.2 Å². The van der Waals surface area contributed by atoms with E-state index in [-0.39, 0.29) is 12.0 Å². The van der Waals surface area contributed by atoms with E-state index in [1.807, 2.05) is 0 Å². The molecule has 1 atom stereocenters. The Morgan fingerprint density at radius 1 is 1.44 bits per heavy atom. The average molecular weight is 233 g/mol. The Morgan fingerprint density at radius 2 is 2.12 bits per heavy atom. The van der Waals surface area contributed by atoms with Gasteiger partial charge in [-0.15, -0.1) is 0 Å². The SMILES string of the molecule is CCC(O)CCc1cnccc1C(F)(F)F. The van der Waals surface area contributed by atoms with E-state index >= 15 is 0 Å². The number of aliphatic hydroxyl groups excluding tert-OH is 1. The lowest BCUT2D eigenvalue weighted by molar-refractivity contribution is -0.138. The number of aliphatic hydroxyl groups is 1. The summed E-state index contributed by atoms with van der Waals surface area (Å²) in [7, 11) is 0. The quantitative estimate of drug-likeness (QED) is 0.867. The molecule has 2 nitrogen and oxygen atoms in total. The van der Waals surface area contributed by atoms with Crippen molar-refractivity contribution in [1.82, 2.24) is 4.98 Å². The lowest BCUT2D eigenvalue weighted by atomic mass is 10.0. The summed E-state index contributed by atoms with van der Waals surface area (Å²) in [5.41, 5.74) is -0.520. The fraction of sp³-hybridized carbons (Fsp3) is 0.545. The molecule has 0 saturated carbocycles. The van der Waals surface area contributed by atoms with Crippen molar-refractivity contribution in [2.75, 3.05) is 0 Å². The molecule has 1 unspecified atom stereocenters. The van der Waals surface area contributed by atoms with Crippen molar-refractivity contribution >= 4 is 0 Å². The van der Waals surface area contributed by atoms with E-state index in [9.17, 15) is 18.3 Å². The lowest BCUT2D eigenvalue weighted by Crippen LogP contribution is -2.12. The van der Waals surface area contributed by atoms with Crippen LogP contribution in [0.5, 0.6) is 0 Å². The summed E-state index contributed by atoms with van der Waals surface area (Å²) in [6.45, 7) is 1.79. The van der Waals surface area contributed by atoms with Crippen LogP contribution in [0.2, 0.25) is 0 Å². The number of hydrogen-bond acceptors (Lipinski definition) is 2. The Kier molecular flexibility index (Phi) is 4.29. The summed E-state index contributed by atoms with van der Waals surface area (Å²) < 4.78 is 37.7. The van der Waals surface area contributed by atoms with Crippen LogP contribution in [0.3, 0.4) is 0 Å². The van der Waals surface area contributed by atoms with Crippen LogP contribution >= 0.6 is 0 Å². The van der Waals surface area contributed by atoms with Gasteiger partial charge in [0, 0.05) is 12.4 Å². The van der Waals surface area contributed by atoms with E-state index in [0.717, 1.165) is 12.3 Å². The van der Waals surface area contributed by atoms with Crippen molar-refractivity contribution in [3.05, 3.63) is 29.6 Å². The van der Waals surface area contributed by atoms with Crippen LogP contribution < -0.4 is 0 Å². The number of halogens is 3. The smallest absolute Gasteiger partial charge is 0.393 e. The van der Waals surface area contributed by atoms with Gasteiger partial charge >= 0.3 is 6.18 Å².